The standard InChI is InChI=1S/C17H12.2CH4/c1-3-8-14-12(6-1)13-7-2-4-9-15(13)17-11-5-10-16(14)17;;/h1-10H,11H2;2*1H4. The molecule has 0 aliphatic heterocycles. The van der Waals surface area contributed by atoms with Gasteiger partial charge in [0.2, 0.25) is 0 Å². The highest BCUT2D eigenvalue weighted by atomic mass is 14.2. The Kier molecular flexibility index (Phi) is 3.44. The highest BCUT2D eigenvalue weighted by Crippen LogP contribution is 2.36. The van der Waals surface area contributed by atoms with Crippen LogP contribution < -0.4 is 0 Å². The average Bonchev–Trinajstić information content (AvgIpc) is 2.89. The van der Waals surface area contributed by atoms with Crippen LogP contribution in [0.2, 0.25) is 0 Å². The zero-order chi connectivity index (χ0) is 11.2. The van der Waals surface area contributed by atoms with Gasteiger partial charge in [-0.05, 0) is 39.1 Å². The van der Waals surface area contributed by atoms with Crippen LogP contribution >= 0.6 is 0 Å². The second-order valence-corrected chi connectivity index (χ2v) is 4.59. The summed E-state index contributed by atoms with van der Waals surface area (Å²) in [4.78, 5) is 0. The summed E-state index contributed by atoms with van der Waals surface area (Å²) in [5.74, 6) is 0. The molecule has 0 N–H and O–H groups in total. The summed E-state index contributed by atoms with van der Waals surface area (Å²) >= 11 is 0. The molecule has 0 bridgehead atoms. The number of fused-ring (bicyclic) bond motifs is 6. The minimum absolute atomic E-state index is 0. The van der Waals surface area contributed by atoms with Crippen molar-refractivity contribution < 1.29 is 0 Å². The van der Waals surface area contributed by atoms with Gasteiger partial charge in [-0.2, -0.15) is 0 Å². The molecule has 4 rings (SSSR count). The molecule has 0 nitrogen and oxygen atoms in total. The van der Waals surface area contributed by atoms with Crippen LogP contribution in [0.4, 0.5) is 0 Å². The Morgan fingerprint density at radius 2 is 1.16 bits per heavy atom. The van der Waals surface area contributed by atoms with Gasteiger partial charge in [-0.3, -0.25) is 0 Å². The molecule has 1 aliphatic carbocycles. The molecule has 0 spiro atoms. The highest BCUT2D eigenvalue weighted by Gasteiger charge is 2.13. The normalized spacial score (nSPS) is 12.0. The van der Waals surface area contributed by atoms with Crippen molar-refractivity contribution in [2.45, 2.75) is 21.3 Å². The van der Waals surface area contributed by atoms with E-state index in [0.29, 0.717) is 0 Å². The molecular formula is C19H20. The zero-order valence-corrected chi connectivity index (χ0v) is 9.48. The van der Waals surface area contributed by atoms with Crippen LogP contribution in [0.25, 0.3) is 27.6 Å². The predicted octanol–water partition coefficient (Wildman–Crippen LogP) is 5.83. The molecule has 0 unspecified atom stereocenters. The molecule has 19 heavy (non-hydrogen) atoms. The Hall–Kier alpha value is -2.08. The van der Waals surface area contributed by atoms with Gasteiger partial charge in [-0.1, -0.05) is 75.5 Å². The van der Waals surface area contributed by atoms with Gasteiger partial charge in [-0.15, -0.1) is 0 Å². The molecule has 3 aromatic rings. The summed E-state index contributed by atoms with van der Waals surface area (Å²) in [6.45, 7) is 0. The van der Waals surface area contributed by atoms with Crippen LogP contribution in [0.3, 0.4) is 0 Å². The summed E-state index contributed by atoms with van der Waals surface area (Å²) in [5, 5.41) is 5.54. The topological polar surface area (TPSA) is 0 Å². The van der Waals surface area contributed by atoms with Crippen molar-refractivity contribution in [2.24, 2.45) is 0 Å². The lowest BCUT2D eigenvalue weighted by molar-refractivity contribution is 1.35. The van der Waals surface area contributed by atoms with E-state index in [0.717, 1.165) is 6.42 Å². The van der Waals surface area contributed by atoms with E-state index in [1.165, 1.54) is 32.7 Å². The number of hydrogen-bond acceptors (Lipinski definition) is 0. The number of allylic oxidation sites excluding steroid dienone is 1. The third kappa shape index (κ3) is 1.76. The predicted molar refractivity (Wildman–Crippen MR) is 87.7 cm³/mol. The molecule has 1 aliphatic rings. The molecule has 0 saturated heterocycles. The van der Waals surface area contributed by atoms with Crippen LogP contribution in [0.1, 0.15) is 26.0 Å². The van der Waals surface area contributed by atoms with E-state index in [4.69, 9.17) is 0 Å². The van der Waals surface area contributed by atoms with Gasteiger partial charge in [0.15, 0.2) is 0 Å². The van der Waals surface area contributed by atoms with E-state index in [1.54, 1.807) is 0 Å². The van der Waals surface area contributed by atoms with E-state index < -0.39 is 0 Å². The second kappa shape index (κ2) is 4.89. The summed E-state index contributed by atoms with van der Waals surface area (Å²) in [5.41, 5.74) is 2.90. The molecule has 0 heterocycles. The average molecular weight is 248 g/mol. The van der Waals surface area contributed by atoms with Crippen LogP contribution in [0.15, 0.2) is 54.6 Å². The molecule has 0 fully saturated rings. The molecular weight excluding hydrogens is 228 g/mol. The monoisotopic (exact) mass is 248 g/mol. The third-order valence-electron chi connectivity index (χ3n) is 3.69. The van der Waals surface area contributed by atoms with E-state index in [-0.39, 0.29) is 14.9 Å². The number of rotatable bonds is 0. The van der Waals surface area contributed by atoms with Gasteiger partial charge in [-0.25, -0.2) is 0 Å². The Morgan fingerprint density at radius 1 is 0.632 bits per heavy atom. The molecule has 0 amide bonds. The molecule has 0 heteroatoms. The van der Waals surface area contributed by atoms with Crippen LogP contribution in [-0.2, 0) is 6.42 Å². The maximum absolute atomic E-state index is 2.27. The van der Waals surface area contributed by atoms with E-state index >= 15 is 0 Å². The quantitative estimate of drug-likeness (QED) is 0.439. The zero-order valence-electron chi connectivity index (χ0n) is 9.48. The smallest absolute Gasteiger partial charge is 0.00818 e. The minimum Gasteiger partial charge on any atom is -0.0795 e. The number of benzene rings is 3. The Labute approximate surface area is 115 Å². The van der Waals surface area contributed by atoms with Crippen molar-refractivity contribution in [3.63, 3.8) is 0 Å². The first kappa shape index (κ1) is 13.4. The highest BCUT2D eigenvalue weighted by molar-refractivity contribution is 6.13. The van der Waals surface area contributed by atoms with E-state index in [1.807, 2.05) is 0 Å². The van der Waals surface area contributed by atoms with Crippen molar-refractivity contribution in [3.05, 3.63) is 65.7 Å². The maximum Gasteiger partial charge on any atom is -0.00818 e. The van der Waals surface area contributed by atoms with E-state index in [9.17, 15) is 0 Å². The van der Waals surface area contributed by atoms with Gasteiger partial charge < -0.3 is 0 Å². The molecule has 0 atom stereocenters. The molecule has 0 aromatic heterocycles. The van der Waals surface area contributed by atoms with Crippen molar-refractivity contribution >= 4 is 27.6 Å². The van der Waals surface area contributed by atoms with Gasteiger partial charge in [0.05, 0.1) is 0 Å². The molecule has 3 aromatic carbocycles. The fraction of sp³-hybridized carbons (Fsp3) is 0.158. The number of hydrogen-bond donors (Lipinski definition) is 0. The van der Waals surface area contributed by atoms with Crippen LogP contribution in [0, 0.1) is 0 Å². The SMILES string of the molecule is C.C.C1=Cc2c(c3ccccc3c3ccccc23)C1. The second-order valence-electron chi connectivity index (χ2n) is 4.59. The van der Waals surface area contributed by atoms with Gasteiger partial charge in [0.25, 0.3) is 0 Å². The largest absolute Gasteiger partial charge is 0.0795 e. The lowest BCUT2D eigenvalue weighted by Crippen LogP contribution is -1.88. The van der Waals surface area contributed by atoms with Gasteiger partial charge in [0, 0.05) is 0 Å². The Morgan fingerprint density at radius 3 is 1.84 bits per heavy atom. The molecule has 0 saturated carbocycles. The van der Waals surface area contributed by atoms with Crippen LogP contribution in [0.5, 0.6) is 0 Å². The maximum atomic E-state index is 2.27. The van der Waals surface area contributed by atoms with Gasteiger partial charge in [0.1, 0.15) is 0 Å². The summed E-state index contributed by atoms with van der Waals surface area (Å²) < 4.78 is 0. The summed E-state index contributed by atoms with van der Waals surface area (Å²) in [6, 6.07) is 17.5. The molecule has 0 radical (unpaired) electrons. The molecule has 96 valence electrons. The van der Waals surface area contributed by atoms with Crippen molar-refractivity contribution in [1.29, 1.82) is 0 Å². The van der Waals surface area contributed by atoms with Crippen molar-refractivity contribution in [2.75, 3.05) is 0 Å². The summed E-state index contributed by atoms with van der Waals surface area (Å²) in [7, 11) is 0. The first-order valence-electron chi connectivity index (χ1n) is 6.04. The summed E-state index contributed by atoms with van der Waals surface area (Å²) in [6.07, 6.45) is 5.61. The Bertz CT molecular complexity index is 763. The lowest BCUT2D eigenvalue weighted by Gasteiger charge is -2.10. The van der Waals surface area contributed by atoms with Gasteiger partial charge >= 0.3 is 0 Å². The fourth-order valence-corrected chi connectivity index (χ4v) is 2.95. The first-order chi connectivity index (χ1) is 8.45. The lowest BCUT2D eigenvalue weighted by atomic mass is 9.93. The van der Waals surface area contributed by atoms with Crippen molar-refractivity contribution in [3.8, 4) is 0 Å². The third-order valence-corrected chi connectivity index (χ3v) is 3.69. The Balaban J connectivity index is 0.000000667. The minimum atomic E-state index is 0. The van der Waals surface area contributed by atoms with E-state index in [2.05, 4.69) is 60.7 Å². The van der Waals surface area contributed by atoms with Crippen LogP contribution in [-0.4, -0.2) is 0 Å². The fourth-order valence-electron chi connectivity index (χ4n) is 2.95. The van der Waals surface area contributed by atoms with Crippen molar-refractivity contribution in [1.82, 2.24) is 0 Å². The first-order valence-corrected chi connectivity index (χ1v) is 6.04.